The van der Waals surface area contributed by atoms with Crippen LogP contribution in [0.5, 0.6) is 0 Å². The van der Waals surface area contributed by atoms with Crippen LogP contribution >= 0.6 is 23.2 Å². The fourth-order valence-electron chi connectivity index (χ4n) is 1.34. The first-order valence-corrected chi connectivity index (χ1v) is 6.75. The molecule has 0 saturated heterocycles. The fourth-order valence-corrected chi connectivity index (χ4v) is 1.75. The molecular weight excluding hydrogens is 303 g/mol. The largest absolute Gasteiger partial charge is 0.452 e. The molecule has 1 rings (SSSR count). The second kappa shape index (κ2) is 7.36. The van der Waals surface area contributed by atoms with Gasteiger partial charge >= 0.3 is 5.97 Å². The minimum absolute atomic E-state index is 0.0355. The van der Waals surface area contributed by atoms with Crippen molar-refractivity contribution in [3.63, 3.8) is 0 Å². The van der Waals surface area contributed by atoms with Crippen LogP contribution in [0.4, 0.5) is 5.69 Å². The molecule has 0 radical (unpaired) electrons. The van der Waals surface area contributed by atoms with Crippen LogP contribution in [-0.4, -0.2) is 25.0 Å². The number of hydrogen-bond donors (Lipinski definition) is 2. The summed E-state index contributed by atoms with van der Waals surface area (Å²) in [5.74, 6) is -0.807. The Morgan fingerprint density at radius 3 is 2.60 bits per heavy atom. The number of nitrogens with two attached hydrogens (primary N) is 1. The lowest BCUT2D eigenvalue weighted by atomic mass is 10.2. The second-order valence-corrected chi connectivity index (χ2v) is 5.42. The number of benzene rings is 1. The van der Waals surface area contributed by atoms with Gasteiger partial charge in [-0.05, 0) is 18.1 Å². The van der Waals surface area contributed by atoms with Gasteiger partial charge in [0.05, 0.1) is 15.6 Å². The van der Waals surface area contributed by atoms with Gasteiger partial charge in [-0.25, -0.2) is 4.79 Å². The Kier molecular flexibility index (Phi) is 6.10. The third-order valence-electron chi connectivity index (χ3n) is 2.31. The Balaban J connectivity index is 2.62. The highest BCUT2D eigenvalue weighted by atomic mass is 35.5. The molecule has 7 heteroatoms. The molecule has 0 aliphatic heterocycles. The van der Waals surface area contributed by atoms with E-state index >= 15 is 0 Å². The van der Waals surface area contributed by atoms with Crippen molar-refractivity contribution in [2.75, 3.05) is 18.9 Å². The lowest BCUT2D eigenvalue weighted by molar-refractivity contribution is -0.124. The Hall–Kier alpha value is -1.46. The van der Waals surface area contributed by atoms with Crippen LogP contribution in [0.15, 0.2) is 12.1 Å². The maximum atomic E-state index is 11.8. The number of carbonyl (C=O) groups is 2. The average molecular weight is 319 g/mol. The minimum atomic E-state index is -0.746. The van der Waals surface area contributed by atoms with Crippen LogP contribution in [0.1, 0.15) is 24.2 Å². The smallest absolute Gasteiger partial charge is 0.340 e. The summed E-state index contributed by atoms with van der Waals surface area (Å²) in [6.07, 6.45) is 0. The number of rotatable bonds is 5. The molecule has 110 valence electrons. The standard InChI is InChI=1S/C13H16Cl2N2O3/c1-7(2)5-17-11(18)6-20-13(19)9-3-8(16)4-10(14)12(9)15/h3-4,7H,5-6,16H2,1-2H3,(H,17,18). The molecule has 1 amide bonds. The van der Waals surface area contributed by atoms with Gasteiger partial charge in [0.25, 0.3) is 5.91 Å². The second-order valence-electron chi connectivity index (χ2n) is 4.64. The van der Waals surface area contributed by atoms with Crippen molar-refractivity contribution in [3.05, 3.63) is 27.7 Å². The van der Waals surface area contributed by atoms with Crippen molar-refractivity contribution >= 4 is 40.8 Å². The van der Waals surface area contributed by atoms with Crippen LogP contribution in [-0.2, 0) is 9.53 Å². The molecule has 0 aliphatic carbocycles. The third-order valence-corrected chi connectivity index (χ3v) is 3.11. The summed E-state index contributed by atoms with van der Waals surface area (Å²) in [4.78, 5) is 23.2. The first-order valence-electron chi connectivity index (χ1n) is 5.99. The van der Waals surface area contributed by atoms with E-state index in [-0.39, 0.29) is 33.8 Å². The molecule has 0 spiro atoms. The molecule has 1 aromatic carbocycles. The van der Waals surface area contributed by atoms with Gasteiger partial charge in [0.2, 0.25) is 0 Å². The zero-order chi connectivity index (χ0) is 15.3. The van der Waals surface area contributed by atoms with E-state index in [1.54, 1.807) is 0 Å². The van der Waals surface area contributed by atoms with Gasteiger partial charge in [0, 0.05) is 12.2 Å². The first kappa shape index (κ1) is 16.6. The maximum Gasteiger partial charge on any atom is 0.340 e. The van der Waals surface area contributed by atoms with Gasteiger partial charge in [-0.3, -0.25) is 4.79 Å². The number of esters is 1. The topological polar surface area (TPSA) is 81.4 Å². The predicted octanol–water partition coefficient (Wildman–Crippen LogP) is 2.50. The van der Waals surface area contributed by atoms with Crippen molar-refractivity contribution in [1.29, 1.82) is 0 Å². The summed E-state index contributed by atoms with van der Waals surface area (Å²) in [6, 6.07) is 2.78. The van der Waals surface area contributed by atoms with Gasteiger partial charge in [-0.2, -0.15) is 0 Å². The van der Waals surface area contributed by atoms with Crippen molar-refractivity contribution in [2.45, 2.75) is 13.8 Å². The molecule has 0 aromatic heterocycles. The highest BCUT2D eigenvalue weighted by molar-refractivity contribution is 6.44. The lowest BCUT2D eigenvalue weighted by Crippen LogP contribution is -2.31. The van der Waals surface area contributed by atoms with E-state index < -0.39 is 5.97 Å². The molecule has 0 atom stereocenters. The van der Waals surface area contributed by atoms with E-state index in [2.05, 4.69) is 5.32 Å². The van der Waals surface area contributed by atoms with Gasteiger partial charge in [-0.15, -0.1) is 0 Å². The molecule has 0 saturated carbocycles. The molecule has 1 aromatic rings. The number of nitrogens with one attached hydrogen (secondary N) is 1. The number of halogens is 2. The summed E-state index contributed by atoms with van der Waals surface area (Å²) >= 11 is 11.7. The highest BCUT2D eigenvalue weighted by Crippen LogP contribution is 2.29. The normalized spacial score (nSPS) is 10.4. The molecule has 0 aliphatic rings. The summed E-state index contributed by atoms with van der Waals surface area (Å²) in [5, 5.41) is 2.83. The third kappa shape index (κ3) is 4.90. The SMILES string of the molecule is CC(C)CNC(=O)COC(=O)c1cc(N)cc(Cl)c1Cl. The molecule has 0 fully saturated rings. The molecule has 0 unspecified atom stereocenters. The van der Waals surface area contributed by atoms with Crippen LogP contribution in [0.25, 0.3) is 0 Å². The zero-order valence-corrected chi connectivity index (χ0v) is 12.7. The van der Waals surface area contributed by atoms with Gasteiger partial charge in [-0.1, -0.05) is 37.0 Å². The van der Waals surface area contributed by atoms with E-state index in [4.69, 9.17) is 33.7 Å². The summed E-state index contributed by atoms with van der Waals surface area (Å²) in [7, 11) is 0. The molecule has 3 N–H and O–H groups in total. The van der Waals surface area contributed by atoms with Crippen LogP contribution in [0, 0.1) is 5.92 Å². The van der Waals surface area contributed by atoms with E-state index in [1.165, 1.54) is 12.1 Å². The molecule has 0 heterocycles. The lowest BCUT2D eigenvalue weighted by Gasteiger charge is -2.10. The molecular formula is C13H16Cl2N2O3. The monoisotopic (exact) mass is 318 g/mol. The summed E-state index contributed by atoms with van der Waals surface area (Å²) in [5.41, 5.74) is 5.90. The molecule has 5 nitrogen and oxygen atoms in total. The van der Waals surface area contributed by atoms with Crippen LogP contribution in [0.3, 0.4) is 0 Å². The van der Waals surface area contributed by atoms with Crippen LogP contribution in [0.2, 0.25) is 10.0 Å². The van der Waals surface area contributed by atoms with Crippen molar-refractivity contribution in [3.8, 4) is 0 Å². The first-order chi connectivity index (χ1) is 9.31. The Morgan fingerprint density at radius 1 is 1.35 bits per heavy atom. The predicted molar refractivity (Wildman–Crippen MR) is 79.0 cm³/mol. The summed E-state index contributed by atoms with van der Waals surface area (Å²) < 4.78 is 4.86. The minimum Gasteiger partial charge on any atom is -0.452 e. The molecule has 0 bridgehead atoms. The number of amides is 1. The Bertz CT molecular complexity index is 519. The average Bonchev–Trinajstić information content (AvgIpc) is 2.37. The van der Waals surface area contributed by atoms with E-state index in [0.717, 1.165) is 0 Å². The van der Waals surface area contributed by atoms with Gasteiger partial charge < -0.3 is 15.8 Å². The maximum absolute atomic E-state index is 11.8. The quantitative estimate of drug-likeness (QED) is 0.645. The number of anilines is 1. The van der Waals surface area contributed by atoms with Crippen molar-refractivity contribution < 1.29 is 14.3 Å². The zero-order valence-electron chi connectivity index (χ0n) is 11.2. The number of ether oxygens (including phenoxy) is 1. The van der Waals surface area contributed by atoms with E-state index in [0.29, 0.717) is 12.5 Å². The Labute approximate surface area is 127 Å². The fraction of sp³-hybridized carbons (Fsp3) is 0.385. The highest BCUT2D eigenvalue weighted by Gasteiger charge is 2.16. The molecule has 20 heavy (non-hydrogen) atoms. The number of carbonyl (C=O) groups excluding carboxylic acids is 2. The Morgan fingerprint density at radius 2 is 2.00 bits per heavy atom. The number of hydrogen-bond acceptors (Lipinski definition) is 4. The summed E-state index contributed by atoms with van der Waals surface area (Å²) in [6.45, 7) is 4.05. The number of nitrogen functional groups attached to an aromatic ring is 1. The van der Waals surface area contributed by atoms with Gasteiger partial charge in [0.15, 0.2) is 6.61 Å². The van der Waals surface area contributed by atoms with Crippen LogP contribution < -0.4 is 11.1 Å². The van der Waals surface area contributed by atoms with Gasteiger partial charge in [0.1, 0.15) is 0 Å². The van der Waals surface area contributed by atoms with E-state index in [9.17, 15) is 9.59 Å². The van der Waals surface area contributed by atoms with Crippen molar-refractivity contribution in [2.24, 2.45) is 5.92 Å². The van der Waals surface area contributed by atoms with E-state index in [1.807, 2.05) is 13.8 Å². The van der Waals surface area contributed by atoms with Crippen molar-refractivity contribution in [1.82, 2.24) is 5.32 Å².